The molecule has 5 rings (SSSR count). The summed E-state index contributed by atoms with van der Waals surface area (Å²) < 4.78 is 8.45. The minimum absolute atomic E-state index is 0.173. The monoisotopic (exact) mass is 441 g/mol. The first-order valence-electron chi connectivity index (χ1n) is 10.8. The Morgan fingerprint density at radius 1 is 1.00 bits per heavy atom. The van der Waals surface area contributed by atoms with Gasteiger partial charge in [0.25, 0.3) is 11.5 Å². The molecule has 0 amide bonds. The predicted molar refractivity (Wildman–Crippen MR) is 124 cm³/mol. The minimum Gasteiger partial charge on any atom is -0.378 e. The number of carbonyl (C=O) groups is 1. The molecule has 8 nitrogen and oxygen atoms in total. The third kappa shape index (κ3) is 4.33. The summed E-state index contributed by atoms with van der Waals surface area (Å²) in [6, 6.07) is 16.3. The molecule has 1 aliphatic rings. The molecule has 0 atom stereocenters. The number of carbonyl (C=O) groups excluding carboxylic acids is 1. The molecule has 0 N–H and O–H groups in total. The molecule has 4 heterocycles. The Labute approximate surface area is 190 Å². The Bertz CT molecular complexity index is 1310. The van der Waals surface area contributed by atoms with Crippen LogP contribution in [0.15, 0.2) is 84.2 Å². The van der Waals surface area contributed by atoms with Crippen LogP contribution in [0.4, 0.5) is 5.69 Å². The molecule has 3 aromatic heterocycles. The molecule has 0 saturated carbocycles. The summed E-state index contributed by atoms with van der Waals surface area (Å²) in [5.74, 6) is -0.247. The van der Waals surface area contributed by atoms with Gasteiger partial charge in [-0.3, -0.25) is 14.6 Å². The number of hydrogen-bond donors (Lipinski definition) is 0. The van der Waals surface area contributed by atoms with Crippen LogP contribution >= 0.6 is 0 Å². The topological polar surface area (TPSA) is 82.2 Å². The largest absolute Gasteiger partial charge is 0.378 e. The van der Waals surface area contributed by atoms with E-state index in [4.69, 9.17) is 4.74 Å². The molecule has 166 valence electrons. The maximum absolute atomic E-state index is 13.4. The SMILES string of the molecule is O=C(c1ccccc1)n1cc(N2CCOCC2)c(-c2cccn(Cc3cccnc3)c2=O)n1. The molecule has 1 saturated heterocycles. The van der Waals surface area contributed by atoms with Gasteiger partial charge in [0.2, 0.25) is 0 Å². The van der Waals surface area contributed by atoms with Gasteiger partial charge in [-0.05, 0) is 35.9 Å². The van der Waals surface area contributed by atoms with Crippen molar-refractivity contribution in [2.24, 2.45) is 0 Å². The van der Waals surface area contributed by atoms with Crippen LogP contribution in [0.5, 0.6) is 0 Å². The van der Waals surface area contributed by atoms with Crippen LogP contribution < -0.4 is 10.5 Å². The van der Waals surface area contributed by atoms with E-state index >= 15 is 0 Å². The van der Waals surface area contributed by atoms with Gasteiger partial charge < -0.3 is 14.2 Å². The fourth-order valence-corrected chi connectivity index (χ4v) is 3.94. The van der Waals surface area contributed by atoms with Crippen molar-refractivity contribution >= 4 is 11.6 Å². The Balaban J connectivity index is 1.58. The zero-order valence-corrected chi connectivity index (χ0v) is 18.0. The third-order valence-electron chi connectivity index (χ3n) is 5.63. The fourth-order valence-electron chi connectivity index (χ4n) is 3.94. The maximum atomic E-state index is 13.4. The molecule has 33 heavy (non-hydrogen) atoms. The fraction of sp³-hybridized carbons (Fsp3) is 0.200. The summed E-state index contributed by atoms with van der Waals surface area (Å²) in [7, 11) is 0. The molecular formula is C25H23N5O3. The van der Waals surface area contributed by atoms with Crippen LogP contribution in [0.3, 0.4) is 0 Å². The van der Waals surface area contributed by atoms with E-state index in [1.165, 1.54) is 4.68 Å². The van der Waals surface area contributed by atoms with Crippen molar-refractivity contribution in [3.63, 3.8) is 0 Å². The lowest BCUT2D eigenvalue weighted by atomic mass is 10.1. The molecule has 1 aliphatic heterocycles. The maximum Gasteiger partial charge on any atom is 0.278 e. The van der Waals surface area contributed by atoms with Crippen molar-refractivity contribution in [2.75, 3.05) is 31.2 Å². The van der Waals surface area contributed by atoms with Gasteiger partial charge >= 0.3 is 0 Å². The predicted octanol–water partition coefficient (Wildman–Crippen LogP) is 2.68. The number of rotatable bonds is 5. The first-order chi connectivity index (χ1) is 16.2. The van der Waals surface area contributed by atoms with E-state index in [1.54, 1.807) is 47.6 Å². The summed E-state index contributed by atoms with van der Waals surface area (Å²) >= 11 is 0. The third-order valence-corrected chi connectivity index (χ3v) is 5.63. The zero-order chi connectivity index (χ0) is 22.6. The standard InChI is InChI=1S/C25H23N5O3/c31-24(20-7-2-1-3-8-20)30-18-22(28-12-14-33-15-13-28)23(27-30)21-9-5-11-29(25(21)32)17-19-6-4-10-26-16-19/h1-11,16,18H,12-15,17H2. The summed E-state index contributed by atoms with van der Waals surface area (Å²) in [4.78, 5) is 32.7. The first kappa shape index (κ1) is 20.8. The van der Waals surface area contributed by atoms with Crippen LogP contribution in [-0.4, -0.2) is 51.5 Å². The molecule has 1 fully saturated rings. The zero-order valence-electron chi connectivity index (χ0n) is 18.0. The lowest BCUT2D eigenvalue weighted by Crippen LogP contribution is -2.36. The number of ether oxygens (including phenoxy) is 1. The number of nitrogens with zero attached hydrogens (tertiary/aromatic N) is 5. The van der Waals surface area contributed by atoms with Crippen molar-refractivity contribution in [3.05, 3.63) is 101 Å². The molecule has 0 aliphatic carbocycles. The van der Waals surface area contributed by atoms with Gasteiger partial charge in [0.05, 0.1) is 37.2 Å². The van der Waals surface area contributed by atoms with Crippen molar-refractivity contribution in [1.82, 2.24) is 19.3 Å². The number of hydrogen-bond acceptors (Lipinski definition) is 6. The second kappa shape index (κ2) is 9.22. The van der Waals surface area contributed by atoms with E-state index in [9.17, 15) is 9.59 Å². The van der Waals surface area contributed by atoms with Crippen molar-refractivity contribution < 1.29 is 9.53 Å². The van der Waals surface area contributed by atoms with E-state index in [-0.39, 0.29) is 11.5 Å². The Kier molecular flexibility index (Phi) is 5.82. The highest BCUT2D eigenvalue weighted by Crippen LogP contribution is 2.29. The average molecular weight is 441 g/mol. The van der Waals surface area contributed by atoms with Crippen LogP contribution in [-0.2, 0) is 11.3 Å². The molecule has 0 spiro atoms. The van der Waals surface area contributed by atoms with E-state index in [2.05, 4.69) is 15.0 Å². The van der Waals surface area contributed by atoms with Crippen molar-refractivity contribution in [3.8, 4) is 11.3 Å². The van der Waals surface area contributed by atoms with E-state index in [0.29, 0.717) is 49.7 Å². The summed E-state index contributed by atoms with van der Waals surface area (Å²) in [6.45, 7) is 2.88. The highest BCUT2D eigenvalue weighted by Gasteiger charge is 2.24. The molecule has 1 aromatic carbocycles. The van der Waals surface area contributed by atoms with Crippen LogP contribution in [0.2, 0.25) is 0 Å². The van der Waals surface area contributed by atoms with Crippen LogP contribution in [0.1, 0.15) is 15.9 Å². The lowest BCUT2D eigenvalue weighted by molar-refractivity contribution is 0.0945. The second-order valence-electron chi connectivity index (χ2n) is 7.79. The lowest BCUT2D eigenvalue weighted by Gasteiger charge is -2.28. The van der Waals surface area contributed by atoms with Gasteiger partial charge in [0.1, 0.15) is 5.69 Å². The van der Waals surface area contributed by atoms with Gasteiger partial charge in [-0.2, -0.15) is 5.10 Å². The Morgan fingerprint density at radius 3 is 2.58 bits per heavy atom. The molecule has 0 unspecified atom stereocenters. The smallest absolute Gasteiger partial charge is 0.278 e. The molecule has 0 bridgehead atoms. The summed E-state index contributed by atoms with van der Waals surface area (Å²) in [6.07, 6.45) is 6.91. The number of aromatic nitrogens is 4. The van der Waals surface area contributed by atoms with Gasteiger partial charge in [-0.15, -0.1) is 0 Å². The van der Waals surface area contributed by atoms with E-state index in [0.717, 1.165) is 11.3 Å². The van der Waals surface area contributed by atoms with E-state index < -0.39 is 0 Å². The first-order valence-corrected chi connectivity index (χ1v) is 10.8. The van der Waals surface area contributed by atoms with Crippen LogP contribution in [0.25, 0.3) is 11.3 Å². The molecular weight excluding hydrogens is 418 g/mol. The highest BCUT2D eigenvalue weighted by atomic mass is 16.5. The second-order valence-corrected chi connectivity index (χ2v) is 7.79. The normalized spacial score (nSPS) is 13.8. The number of morpholine rings is 1. The summed E-state index contributed by atoms with van der Waals surface area (Å²) in [5, 5.41) is 4.60. The Morgan fingerprint density at radius 2 is 1.82 bits per heavy atom. The van der Waals surface area contributed by atoms with Crippen molar-refractivity contribution in [2.45, 2.75) is 6.54 Å². The van der Waals surface area contributed by atoms with Crippen molar-refractivity contribution in [1.29, 1.82) is 0 Å². The number of anilines is 1. The molecule has 4 aromatic rings. The Hall–Kier alpha value is -4.04. The molecule has 8 heteroatoms. The van der Waals surface area contributed by atoms with Gasteiger partial charge in [-0.25, -0.2) is 4.68 Å². The average Bonchev–Trinajstić information content (AvgIpc) is 3.32. The van der Waals surface area contributed by atoms with Gasteiger partial charge in [0.15, 0.2) is 0 Å². The van der Waals surface area contributed by atoms with Gasteiger partial charge in [-0.1, -0.05) is 24.3 Å². The van der Waals surface area contributed by atoms with Gasteiger partial charge in [0, 0.05) is 37.2 Å². The minimum atomic E-state index is -0.247. The number of pyridine rings is 2. The summed E-state index contributed by atoms with van der Waals surface area (Å²) in [5.41, 5.74) is 2.97. The quantitative estimate of drug-likeness (QED) is 0.474. The molecule has 0 radical (unpaired) electrons. The number of benzene rings is 1. The highest BCUT2D eigenvalue weighted by molar-refractivity contribution is 5.96. The van der Waals surface area contributed by atoms with Crippen LogP contribution in [0, 0.1) is 0 Å². The van der Waals surface area contributed by atoms with E-state index in [1.807, 2.05) is 36.4 Å².